The van der Waals surface area contributed by atoms with Crippen LogP contribution in [0.4, 0.5) is 10.3 Å². The van der Waals surface area contributed by atoms with Crippen LogP contribution in [0.2, 0.25) is 0 Å². The molecule has 148 valence electrons. The highest BCUT2D eigenvalue weighted by Crippen LogP contribution is 2.33. The predicted octanol–water partition coefficient (Wildman–Crippen LogP) is 3.71. The van der Waals surface area contributed by atoms with Gasteiger partial charge in [0, 0.05) is 31.8 Å². The van der Waals surface area contributed by atoms with Gasteiger partial charge in [0.05, 0.1) is 12.1 Å². The van der Waals surface area contributed by atoms with Crippen LogP contribution in [0.1, 0.15) is 33.3 Å². The summed E-state index contributed by atoms with van der Waals surface area (Å²) < 4.78 is 24.0. The molecule has 2 rings (SSSR count). The van der Waals surface area contributed by atoms with Gasteiger partial charge in [0.2, 0.25) is 11.8 Å². The minimum absolute atomic E-state index is 0.00987. The largest absolute Gasteiger partial charge is 0.375 e. The highest BCUT2D eigenvalue weighted by atomic mass is 19.1. The zero-order chi connectivity index (χ0) is 20.0. The summed E-state index contributed by atoms with van der Waals surface area (Å²) in [6.45, 7) is 9.81. The first-order chi connectivity index (χ1) is 12.9. The van der Waals surface area contributed by atoms with Crippen molar-refractivity contribution in [3.63, 3.8) is 0 Å². The Labute approximate surface area is 159 Å². The SMILES string of the molecule is CCN(CC)c1onc(-c2ccc(F)cc2)c1CN(C(=O)COC)C(C)C. The summed E-state index contributed by atoms with van der Waals surface area (Å²) in [5.74, 6) is 0.214. The van der Waals surface area contributed by atoms with Crippen LogP contribution in [-0.2, 0) is 16.1 Å². The van der Waals surface area contributed by atoms with Gasteiger partial charge in [-0.15, -0.1) is 0 Å². The first-order valence-corrected chi connectivity index (χ1v) is 9.20. The van der Waals surface area contributed by atoms with Gasteiger partial charge in [0.15, 0.2) is 0 Å². The maximum Gasteiger partial charge on any atom is 0.249 e. The minimum Gasteiger partial charge on any atom is -0.375 e. The van der Waals surface area contributed by atoms with E-state index in [1.54, 1.807) is 17.0 Å². The van der Waals surface area contributed by atoms with E-state index >= 15 is 0 Å². The maximum absolute atomic E-state index is 13.3. The molecule has 1 aromatic carbocycles. The van der Waals surface area contributed by atoms with Gasteiger partial charge in [-0.1, -0.05) is 5.16 Å². The molecule has 6 nitrogen and oxygen atoms in total. The summed E-state index contributed by atoms with van der Waals surface area (Å²) in [6.07, 6.45) is 0. The van der Waals surface area contributed by atoms with Gasteiger partial charge in [-0.2, -0.15) is 0 Å². The van der Waals surface area contributed by atoms with Crippen molar-refractivity contribution in [2.45, 2.75) is 40.3 Å². The average Bonchev–Trinajstić information content (AvgIpc) is 3.05. The number of benzene rings is 1. The molecule has 0 spiro atoms. The smallest absolute Gasteiger partial charge is 0.249 e. The highest BCUT2D eigenvalue weighted by molar-refractivity contribution is 5.78. The van der Waals surface area contributed by atoms with Crippen LogP contribution in [-0.4, -0.2) is 48.8 Å². The molecule has 0 aliphatic rings. The van der Waals surface area contributed by atoms with E-state index in [4.69, 9.17) is 9.26 Å². The Bertz CT molecular complexity index is 739. The Morgan fingerprint density at radius 2 is 1.85 bits per heavy atom. The summed E-state index contributed by atoms with van der Waals surface area (Å²) in [4.78, 5) is 16.3. The number of anilines is 1. The zero-order valence-electron chi connectivity index (χ0n) is 16.7. The number of hydrogen-bond donors (Lipinski definition) is 0. The second kappa shape index (κ2) is 9.50. The van der Waals surface area contributed by atoms with Crippen LogP contribution in [0.5, 0.6) is 0 Å². The van der Waals surface area contributed by atoms with Crippen molar-refractivity contribution in [1.82, 2.24) is 10.1 Å². The number of carbonyl (C=O) groups is 1. The Morgan fingerprint density at radius 3 is 2.37 bits per heavy atom. The lowest BCUT2D eigenvalue weighted by atomic mass is 10.1. The molecule has 0 saturated carbocycles. The molecular formula is C20H28FN3O3. The van der Waals surface area contributed by atoms with Crippen molar-refractivity contribution in [2.24, 2.45) is 0 Å². The standard InChI is InChI=1S/C20H28FN3O3/c1-6-23(7-2)20-17(12-24(14(3)4)18(25)13-26-5)19(22-27-20)15-8-10-16(21)11-9-15/h8-11,14H,6-7,12-13H2,1-5H3. The van der Waals surface area contributed by atoms with Crippen molar-refractivity contribution < 1.29 is 18.4 Å². The molecule has 0 bridgehead atoms. The van der Waals surface area contributed by atoms with Crippen molar-refractivity contribution in [2.75, 3.05) is 31.7 Å². The monoisotopic (exact) mass is 377 g/mol. The highest BCUT2D eigenvalue weighted by Gasteiger charge is 2.26. The number of nitrogens with zero attached hydrogens (tertiary/aromatic N) is 3. The van der Waals surface area contributed by atoms with Gasteiger partial charge in [-0.05, 0) is 52.0 Å². The second-order valence-electron chi connectivity index (χ2n) is 6.54. The van der Waals surface area contributed by atoms with Gasteiger partial charge >= 0.3 is 0 Å². The zero-order valence-corrected chi connectivity index (χ0v) is 16.7. The third-order valence-corrected chi connectivity index (χ3v) is 4.48. The van der Waals surface area contributed by atoms with Crippen LogP contribution in [0.3, 0.4) is 0 Å². The van der Waals surface area contributed by atoms with Crippen molar-refractivity contribution in [1.29, 1.82) is 0 Å². The van der Waals surface area contributed by atoms with E-state index in [1.807, 2.05) is 27.7 Å². The first-order valence-electron chi connectivity index (χ1n) is 9.20. The van der Waals surface area contributed by atoms with Gasteiger partial charge in [-0.3, -0.25) is 4.79 Å². The number of carbonyl (C=O) groups excluding carboxylic acids is 1. The fourth-order valence-electron chi connectivity index (χ4n) is 2.97. The molecule has 0 fully saturated rings. The third-order valence-electron chi connectivity index (χ3n) is 4.48. The number of aromatic nitrogens is 1. The molecule has 0 unspecified atom stereocenters. The topological polar surface area (TPSA) is 58.8 Å². The molecule has 27 heavy (non-hydrogen) atoms. The molecule has 1 amide bonds. The van der Waals surface area contributed by atoms with Crippen LogP contribution in [0.25, 0.3) is 11.3 Å². The average molecular weight is 377 g/mol. The van der Waals surface area contributed by atoms with Crippen molar-refractivity contribution in [3.05, 3.63) is 35.6 Å². The molecule has 0 aliphatic heterocycles. The minimum atomic E-state index is -0.313. The first kappa shape index (κ1) is 20.9. The van der Waals surface area contributed by atoms with E-state index < -0.39 is 0 Å². The number of halogens is 1. The molecule has 1 heterocycles. The van der Waals surface area contributed by atoms with Crippen molar-refractivity contribution in [3.8, 4) is 11.3 Å². The van der Waals surface area contributed by atoms with E-state index in [2.05, 4.69) is 10.1 Å². The summed E-state index contributed by atoms with van der Waals surface area (Å²) in [6, 6.07) is 6.09. The molecule has 0 saturated heterocycles. The lowest BCUT2D eigenvalue weighted by Gasteiger charge is -2.28. The molecule has 0 radical (unpaired) electrons. The summed E-state index contributed by atoms with van der Waals surface area (Å²) in [5, 5.41) is 4.24. The molecular weight excluding hydrogens is 349 g/mol. The van der Waals surface area contributed by atoms with E-state index in [0.29, 0.717) is 18.1 Å². The number of amides is 1. The Hall–Kier alpha value is -2.41. The number of methoxy groups -OCH3 is 1. The molecule has 0 atom stereocenters. The van der Waals surface area contributed by atoms with Crippen molar-refractivity contribution >= 4 is 11.8 Å². The molecule has 1 aromatic heterocycles. The Morgan fingerprint density at radius 1 is 1.22 bits per heavy atom. The van der Waals surface area contributed by atoms with Crippen LogP contribution >= 0.6 is 0 Å². The Kier molecular flexibility index (Phi) is 7.36. The van der Waals surface area contributed by atoms with E-state index in [0.717, 1.165) is 24.2 Å². The number of ether oxygens (including phenoxy) is 1. The molecule has 7 heteroatoms. The fraction of sp³-hybridized carbons (Fsp3) is 0.500. The van der Waals surface area contributed by atoms with Gasteiger partial charge in [0.25, 0.3) is 0 Å². The predicted molar refractivity (Wildman–Crippen MR) is 103 cm³/mol. The molecule has 2 aromatic rings. The third kappa shape index (κ3) is 4.86. The van der Waals surface area contributed by atoms with Crippen LogP contribution < -0.4 is 4.90 Å². The summed E-state index contributed by atoms with van der Waals surface area (Å²) in [5.41, 5.74) is 2.17. The van der Waals surface area contributed by atoms with E-state index in [9.17, 15) is 9.18 Å². The molecule has 0 N–H and O–H groups in total. The van der Waals surface area contributed by atoms with Gasteiger partial charge in [-0.25, -0.2) is 4.39 Å². The summed E-state index contributed by atoms with van der Waals surface area (Å²) >= 11 is 0. The lowest BCUT2D eigenvalue weighted by molar-refractivity contribution is -0.137. The Balaban J connectivity index is 2.50. The van der Waals surface area contributed by atoms with Crippen LogP contribution in [0, 0.1) is 5.82 Å². The van der Waals surface area contributed by atoms with Crippen LogP contribution in [0.15, 0.2) is 28.8 Å². The molecule has 0 aliphatic carbocycles. The quantitative estimate of drug-likeness (QED) is 0.667. The fourth-order valence-corrected chi connectivity index (χ4v) is 2.97. The number of hydrogen-bond acceptors (Lipinski definition) is 5. The van der Waals surface area contributed by atoms with Gasteiger partial charge < -0.3 is 19.1 Å². The van der Waals surface area contributed by atoms with E-state index in [1.165, 1.54) is 19.2 Å². The summed E-state index contributed by atoms with van der Waals surface area (Å²) in [7, 11) is 1.50. The van der Waals surface area contributed by atoms with Gasteiger partial charge in [0.1, 0.15) is 18.1 Å². The maximum atomic E-state index is 13.3. The van der Waals surface area contributed by atoms with E-state index in [-0.39, 0.29) is 24.4 Å². The normalized spacial score (nSPS) is 11.1. The second-order valence-corrected chi connectivity index (χ2v) is 6.54. The lowest BCUT2D eigenvalue weighted by Crippen LogP contribution is -2.39. The number of rotatable bonds is 9.